The van der Waals surface area contributed by atoms with Crippen LogP contribution in [0.4, 0.5) is 0 Å². The topological polar surface area (TPSA) is 69.6 Å². The zero-order chi connectivity index (χ0) is 18.1. The smallest absolute Gasteiger partial charge is 0.251 e. The molecular weight excluding hydrogens is 316 g/mol. The number of nitrogens with one attached hydrogen (secondary N) is 1. The zero-order valence-electron chi connectivity index (χ0n) is 14.4. The van der Waals surface area contributed by atoms with E-state index < -0.39 is 0 Å². The highest BCUT2D eigenvalue weighted by atomic mass is 16.3. The van der Waals surface area contributed by atoms with Crippen LogP contribution in [-0.2, 0) is 11.3 Å². The van der Waals surface area contributed by atoms with Crippen LogP contribution in [-0.4, -0.2) is 41.5 Å². The Balaban J connectivity index is 1.98. The van der Waals surface area contributed by atoms with E-state index >= 15 is 0 Å². The molecular formula is C20H24N2O3. The van der Waals surface area contributed by atoms with Gasteiger partial charge in [-0.15, -0.1) is 0 Å². The van der Waals surface area contributed by atoms with Gasteiger partial charge in [-0.3, -0.25) is 9.59 Å². The third-order valence-corrected chi connectivity index (χ3v) is 3.85. The molecule has 2 rings (SSSR count). The van der Waals surface area contributed by atoms with Gasteiger partial charge in [0.15, 0.2) is 0 Å². The molecule has 25 heavy (non-hydrogen) atoms. The van der Waals surface area contributed by atoms with E-state index in [0.717, 1.165) is 5.56 Å². The highest BCUT2D eigenvalue weighted by Gasteiger charge is 2.17. The molecule has 0 radical (unpaired) electrons. The van der Waals surface area contributed by atoms with Crippen LogP contribution in [0.5, 0.6) is 0 Å². The molecule has 2 amide bonds. The number of hydrogen-bond acceptors (Lipinski definition) is 3. The second-order valence-corrected chi connectivity index (χ2v) is 6.10. The van der Waals surface area contributed by atoms with Gasteiger partial charge in [-0.05, 0) is 23.6 Å². The normalized spacial score (nSPS) is 11.6. The van der Waals surface area contributed by atoms with Gasteiger partial charge in [-0.2, -0.15) is 0 Å². The second kappa shape index (κ2) is 9.59. The Bertz CT molecular complexity index is 674. The quantitative estimate of drug-likeness (QED) is 0.773. The number of aliphatic hydroxyl groups is 1. The molecule has 0 saturated carbocycles. The van der Waals surface area contributed by atoms with Gasteiger partial charge in [0.1, 0.15) is 0 Å². The molecule has 132 valence electrons. The Hall–Kier alpha value is -2.66. The summed E-state index contributed by atoms with van der Waals surface area (Å²) in [7, 11) is 0. The van der Waals surface area contributed by atoms with Crippen LogP contribution in [0.1, 0.15) is 22.8 Å². The van der Waals surface area contributed by atoms with Crippen LogP contribution in [0.3, 0.4) is 0 Å². The summed E-state index contributed by atoms with van der Waals surface area (Å²) in [6.07, 6.45) is 0. The minimum atomic E-state index is -0.274. The van der Waals surface area contributed by atoms with Crippen LogP contribution in [0, 0.1) is 5.92 Å². The number of carbonyl (C=O) groups excluding carboxylic acids is 2. The number of amides is 2. The van der Waals surface area contributed by atoms with Crippen molar-refractivity contribution in [3.63, 3.8) is 0 Å². The molecule has 2 aromatic carbocycles. The van der Waals surface area contributed by atoms with Crippen molar-refractivity contribution in [2.75, 3.05) is 19.7 Å². The van der Waals surface area contributed by atoms with Gasteiger partial charge in [-0.1, -0.05) is 55.5 Å². The molecule has 5 heteroatoms. The van der Waals surface area contributed by atoms with Gasteiger partial charge in [0.05, 0.1) is 6.54 Å². The third-order valence-electron chi connectivity index (χ3n) is 3.85. The number of benzene rings is 2. The Morgan fingerprint density at radius 3 is 2.24 bits per heavy atom. The monoisotopic (exact) mass is 340 g/mol. The first-order valence-electron chi connectivity index (χ1n) is 8.36. The molecule has 1 unspecified atom stereocenters. The Labute approximate surface area is 148 Å². The summed E-state index contributed by atoms with van der Waals surface area (Å²) in [6, 6.07) is 18.5. The largest absolute Gasteiger partial charge is 0.396 e. The minimum absolute atomic E-state index is 0.00887. The van der Waals surface area contributed by atoms with Gasteiger partial charge in [0.2, 0.25) is 5.91 Å². The van der Waals surface area contributed by atoms with Crippen molar-refractivity contribution < 1.29 is 14.7 Å². The highest BCUT2D eigenvalue weighted by Crippen LogP contribution is 2.08. The van der Waals surface area contributed by atoms with Crippen molar-refractivity contribution >= 4 is 11.8 Å². The number of carbonyl (C=O) groups is 2. The second-order valence-electron chi connectivity index (χ2n) is 6.10. The van der Waals surface area contributed by atoms with Crippen LogP contribution < -0.4 is 5.32 Å². The average molecular weight is 340 g/mol. The lowest BCUT2D eigenvalue weighted by Crippen LogP contribution is -2.42. The highest BCUT2D eigenvalue weighted by molar-refractivity contribution is 5.96. The summed E-state index contributed by atoms with van der Waals surface area (Å²) in [4.78, 5) is 26.3. The summed E-state index contributed by atoms with van der Waals surface area (Å²) >= 11 is 0. The van der Waals surface area contributed by atoms with Crippen molar-refractivity contribution in [1.82, 2.24) is 10.2 Å². The molecule has 0 aliphatic carbocycles. The fourth-order valence-electron chi connectivity index (χ4n) is 2.45. The Morgan fingerprint density at radius 1 is 1.04 bits per heavy atom. The number of nitrogens with zero attached hydrogens (tertiary/aromatic N) is 1. The number of aliphatic hydroxyl groups excluding tert-OH is 1. The van der Waals surface area contributed by atoms with E-state index in [-0.39, 0.29) is 30.9 Å². The average Bonchev–Trinajstić information content (AvgIpc) is 2.66. The first kappa shape index (κ1) is 18.7. The predicted octanol–water partition coefficient (Wildman–Crippen LogP) is 2.07. The maximum Gasteiger partial charge on any atom is 0.251 e. The molecule has 0 aliphatic heterocycles. The maximum atomic E-state index is 12.6. The summed E-state index contributed by atoms with van der Waals surface area (Å²) in [5.41, 5.74) is 1.53. The first-order chi connectivity index (χ1) is 12.1. The predicted molar refractivity (Wildman–Crippen MR) is 96.9 cm³/mol. The van der Waals surface area contributed by atoms with Gasteiger partial charge < -0.3 is 15.3 Å². The molecule has 0 heterocycles. The minimum Gasteiger partial charge on any atom is -0.396 e. The van der Waals surface area contributed by atoms with E-state index in [9.17, 15) is 14.7 Å². The van der Waals surface area contributed by atoms with Crippen molar-refractivity contribution in [2.45, 2.75) is 13.5 Å². The number of hydrogen-bond donors (Lipinski definition) is 2. The molecule has 2 aromatic rings. The molecule has 2 N–H and O–H groups in total. The molecule has 0 saturated heterocycles. The van der Waals surface area contributed by atoms with Crippen molar-refractivity contribution in [1.29, 1.82) is 0 Å². The van der Waals surface area contributed by atoms with Crippen LogP contribution in [0.25, 0.3) is 0 Å². The van der Waals surface area contributed by atoms with Gasteiger partial charge >= 0.3 is 0 Å². The van der Waals surface area contributed by atoms with Gasteiger partial charge in [0, 0.05) is 25.3 Å². The maximum absolute atomic E-state index is 12.6. The van der Waals surface area contributed by atoms with Crippen LogP contribution in [0.15, 0.2) is 60.7 Å². The van der Waals surface area contributed by atoms with E-state index in [4.69, 9.17) is 0 Å². The molecule has 1 atom stereocenters. The lowest BCUT2D eigenvalue weighted by Gasteiger charge is -2.25. The fourth-order valence-corrected chi connectivity index (χ4v) is 2.45. The SMILES string of the molecule is CC(CO)CN(Cc1ccccc1)C(=O)CNC(=O)c1ccccc1. The summed E-state index contributed by atoms with van der Waals surface area (Å²) in [6.45, 7) is 2.71. The van der Waals surface area contributed by atoms with Crippen molar-refractivity contribution in [3.8, 4) is 0 Å². The first-order valence-corrected chi connectivity index (χ1v) is 8.36. The standard InChI is InChI=1S/C20H24N2O3/c1-16(15-23)13-22(14-17-8-4-2-5-9-17)19(24)12-21-20(25)18-10-6-3-7-11-18/h2-11,16,23H,12-15H2,1H3,(H,21,25). The third kappa shape index (κ3) is 6.04. The summed E-state index contributed by atoms with van der Waals surface area (Å²) in [5.74, 6) is -0.477. The fraction of sp³-hybridized carbons (Fsp3) is 0.300. The van der Waals surface area contributed by atoms with Gasteiger partial charge in [0.25, 0.3) is 5.91 Å². The number of rotatable bonds is 8. The Kier molecular flexibility index (Phi) is 7.16. The van der Waals surface area contributed by atoms with E-state index in [0.29, 0.717) is 18.7 Å². The zero-order valence-corrected chi connectivity index (χ0v) is 14.4. The molecule has 0 spiro atoms. The molecule has 0 aliphatic rings. The molecule has 0 aromatic heterocycles. The van der Waals surface area contributed by atoms with E-state index in [1.54, 1.807) is 29.2 Å². The van der Waals surface area contributed by atoms with E-state index in [1.165, 1.54) is 0 Å². The van der Waals surface area contributed by atoms with Crippen molar-refractivity contribution in [3.05, 3.63) is 71.8 Å². The van der Waals surface area contributed by atoms with E-state index in [1.807, 2.05) is 43.3 Å². The van der Waals surface area contributed by atoms with Crippen LogP contribution >= 0.6 is 0 Å². The van der Waals surface area contributed by atoms with Crippen molar-refractivity contribution in [2.24, 2.45) is 5.92 Å². The van der Waals surface area contributed by atoms with Crippen LogP contribution in [0.2, 0.25) is 0 Å². The van der Waals surface area contributed by atoms with Gasteiger partial charge in [-0.25, -0.2) is 0 Å². The Morgan fingerprint density at radius 2 is 1.64 bits per heavy atom. The molecule has 0 fully saturated rings. The molecule has 0 bridgehead atoms. The summed E-state index contributed by atoms with van der Waals surface area (Å²) < 4.78 is 0. The lowest BCUT2D eigenvalue weighted by atomic mass is 10.1. The lowest BCUT2D eigenvalue weighted by molar-refractivity contribution is -0.131. The van der Waals surface area contributed by atoms with E-state index in [2.05, 4.69) is 5.32 Å². The molecule has 5 nitrogen and oxygen atoms in total. The summed E-state index contributed by atoms with van der Waals surface area (Å²) in [5, 5.41) is 12.0.